The van der Waals surface area contributed by atoms with Crippen LogP contribution >= 0.6 is 11.5 Å². The SMILES string of the molecule is Cc1nnsc1C(=O)NOCC(C)C. The summed E-state index contributed by atoms with van der Waals surface area (Å²) in [6.45, 7) is 6.25. The second-order valence-electron chi connectivity index (χ2n) is 3.32. The van der Waals surface area contributed by atoms with Crippen molar-refractivity contribution in [3.63, 3.8) is 0 Å². The number of hydroxylamine groups is 1. The van der Waals surface area contributed by atoms with Crippen molar-refractivity contribution in [2.24, 2.45) is 5.92 Å². The van der Waals surface area contributed by atoms with Gasteiger partial charge in [0, 0.05) is 0 Å². The van der Waals surface area contributed by atoms with E-state index in [-0.39, 0.29) is 5.91 Å². The fraction of sp³-hybridized carbons (Fsp3) is 0.625. The highest BCUT2D eigenvalue weighted by Gasteiger charge is 2.12. The molecule has 0 aliphatic carbocycles. The highest BCUT2D eigenvalue weighted by molar-refractivity contribution is 7.07. The Balaban J connectivity index is 2.40. The second-order valence-corrected chi connectivity index (χ2v) is 4.08. The molecule has 78 valence electrons. The van der Waals surface area contributed by atoms with E-state index in [1.54, 1.807) is 6.92 Å². The Morgan fingerprint density at radius 2 is 2.36 bits per heavy atom. The lowest BCUT2D eigenvalue weighted by Crippen LogP contribution is -2.25. The zero-order valence-electron chi connectivity index (χ0n) is 8.40. The number of aryl methyl sites for hydroxylation is 1. The van der Waals surface area contributed by atoms with Crippen LogP contribution in [0.1, 0.15) is 29.2 Å². The second kappa shape index (κ2) is 5.02. The van der Waals surface area contributed by atoms with E-state index in [0.29, 0.717) is 23.1 Å². The largest absolute Gasteiger partial charge is 0.288 e. The fourth-order valence-electron chi connectivity index (χ4n) is 0.760. The average molecular weight is 215 g/mol. The van der Waals surface area contributed by atoms with Gasteiger partial charge in [-0.3, -0.25) is 9.63 Å². The third-order valence-corrected chi connectivity index (χ3v) is 2.27. The predicted molar refractivity (Wildman–Crippen MR) is 52.9 cm³/mol. The molecule has 1 aromatic rings. The minimum atomic E-state index is -0.279. The van der Waals surface area contributed by atoms with Crippen molar-refractivity contribution in [1.82, 2.24) is 15.1 Å². The lowest BCUT2D eigenvalue weighted by molar-refractivity contribution is 0.0211. The van der Waals surface area contributed by atoms with Crippen LogP contribution in [0.5, 0.6) is 0 Å². The third-order valence-electron chi connectivity index (χ3n) is 1.44. The summed E-state index contributed by atoms with van der Waals surface area (Å²) in [4.78, 5) is 16.9. The first kappa shape index (κ1) is 11.1. The van der Waals surface area contributed by atoms with Crippen LogP contribution in [0.3, 0.4) is 0 Å². The van der Waals surface area contributed by atoms with Crippen molar-refractivity contribution in [2.75, 3.05) is 6.61 Å². The van der Waals surface area contributed by atoms with Gasteiger partial charge in [-0.1, -0.05) is 18.3 Å². The summed E-state index contributed by atoms with van der Waals surface area (Å²) in [7, 11) is 0. The molecule has 0 unspecified atom stereocenters. The summed E-state index contributed by atoms with van der Waals surface area (Å²) in [5.41, 5.74) is 2.97. The van der Waals surface area contributed by atoms with Crippen LogP contribution in [0, 0.1) is 12.8 Å². The zero-order valence-corrected chi connectivity index (χ0v) is 9.22. The number of hydrogen-bond donors (Lipinski definition) is 1. The molecule has 0 saturated heterocycles. The molecule has 6 heteroatoms. The van der Waals surface area contributed by atoms with Crippen molar-refractivity contribution in [3.05, 3.63) is 10.6 Å². The summed E-state index contributed by atoms with van der Waals surface area (Å²) in [5.74, 6) is 0.106. The first-order chi connectivity index (χ1) is 6.61. The fourth-order valence-corrected chi connectivity index (χ4v) is 1.30. The molecule has 0 saturated carbocycles. The van der Waals surface area contributed by atoms with Crippen LogP contribution < -0.4 is 5.48 Å². The lowest BCUT2D eigenvalue weighted by atomic mass is 10.2. The number of amides is 1. The van der Waals surface area contributed by atoms with E-state index in [1.165, 1.54) is 0 Å². The number of hydrogen-bond acceptors (Lipinski definition) is 5. The number of carbonyl (C=O) groups excluding carboxylic acids is 1. The van der Waals surface area contributed by atoms with E-state index in [0.717, 1.165) is 11.5 Å². The zero-order chi connectivity index (χ0) is 10.6. The topological polar surface area (TPSA) is 64.1 Å². The molecule has 0 aromatic carbocycles. The van der Waals surface area contributed by atoms with Crippen molar-refractivity contribution in [3.8, 4) is 0 Å². The maximum atomic E-state index is 11.4. The van der Waals surface area contributed by atoms with Gasteiger partial charge in [0.2, 0.25) is 0 Å². The minimum absolute atomic E-state index is 0.279. The van der Waals surface area contributed by atoms with Gasteiger partial charge in [0.25, 0.3) is 5.91 Å². The Hall–Kier alpha value is -1.01. The Labute approximate surface area is 86.6 Å². The normalized spacial score (nSPS) is 10.6. The van der Waals surface area contributed by atoms with Crippen molar-refractivity contribution in [1.29, 1.82) is 0 Å². The van der Waals surface area contributed by atoms with Crippen LogP contribution in [-0.2, 0) is 4.84 Å². The van der Waals surface area contributed by atoms with E-state index >= 15 is 0 Å². The number of nitrogens with zero attached hydrogens (tertiary/aromatic N) is 2. The van der Waals surface area contributed by atoms with Gasteiger partial charge in [0.1, 0.15) is 4.88 Å². The Morgan fingerprint density at radius 3 is 2.86 bits per heavy atom. The standard InChI is InChI=1S/C8H13N3O2S/c1-5(2)4-13-10-8(12)7-6(3)9-11-14-7/h5H,4H2,1-3H3,(H,10,12). The molecule has 1 heterocycles. The Morgan fingerprint density at radius 1 is 1.64 bits per heavy atom. The Kier molecular flexibility index (Phi) is 3.97. The molecule has 5 nitrogen and oxygen atoms in total. The highest BCUT2D eigenvalue weighted by atomic mass is 32.1. The van der Waals surface area contributed by atoms with Gasteiger partial charge in [-0.15, -0.1) is 5.10 Å². The summed E-state index contributed by atoms with van der Waals surface area (Å²) in [6.07, 6.45) is 0. The number of nitrogens with one attached hydrogen (secondary N) is 1. The molecular formula is C8H13N3O2S. The average Bonchev–Trinajstić information content (AvgIpc) is 2.50. The summed E-state index contributed by atoms with van der Waals surface area (Å²) < 4.78 is 3.66. The maximum absolute atomic E-state index is 11.4. The Bertz CT molecular complexity index is 311. The van der Waals surface area contributed by atoms with E-state index < -0.39 is 0 Å². The molecule has 0 radical (unpaired) electrons. The molecular weight excluding hydrogens is 202 g/mol. The number of aromatic nitrogens is 2. The van der Waals surface area contributed by atoms with Crippen LogP contribution in [0.25, 0.3) is 0 Å². The smallest absolute Gasteiger partial charge is 0.273 e. The van der Waals surface area contributed by atoms with Gasteiger partial charge in [-0.2, -0.15) is 0 Å². The van der Waals surface area contributed by atoms with Crippen LogP contribution in [-0.4, -0.2) is 22.1 Å². The molecule has 0 bridgehead atoms. The van der Waals surface area contributed by atoms with Gasteiger partial charge < -0.3 is 0 Å². The van der Waals surface area contributed by atoms with Crippen LogP contribution in [0.4, 0.5) is 0 Å². The van der Waals surface area contributed by atoms with Crippen molar-refractivity contribution in [2.45, 2.75) is 20.8 Å². The van der Waals surface area contributed by atoms with Gasteiger partial charge in [0.15, 0.2) is 0 Å². The van der Waals surface area contributed by atoms with E-state index in [4.69, 9.17) is 4.84 Å². The number of rotatable bonds is 4. The minimum Gasteiger partial charge on any atom is -0.273 e. The predicted octanol–water partition coefficient (Wildman–Crippen LogP) is 1.16. The molecule has 0 aliphatic heterocycles. The van der Waals surface area contributed by atoms with Gasteiger partial charge in [-0.25, -0.2) is 5.48 Å². The molecule has 0 aliphatic rings. The van der Waals surface area contributed by atoms with Gasteiger partial charge in [0.05, 0.1) is 12.3 Å². The first-order valence-corrected chi connectivity index (χ1v) is 5.09. The van der Waals surface area contributed by atoms with E-state index in [2.05, 4.69) is 15.1 Å². The molecule has 0 fully saturated rings. The molecule has 1 amide bonds. The summed E-state index contributed by atoms with van der Waals surface area (Å²) in [5, 5.41) is 3.73. The molecule has 1 rings (SSSR count). The monoisotopic (exact) mass is 215 g/mol. The molecule has 0 atom stereocenters. The van der Waals surface area contributed by atoms with Crippen LogP contribution in [0.15, 0.2) is 0 Å². The summed E-state index contributed by atoms with van der Waals surface area (Å²) >= 11 is 1.06. The molecule has 1 N–H and O–H groups in total. The third kappa shape index (κ3) is 3.04. The quantitative estimate of drug-likeness (QED) is 0.765. The first-order valence-electron chi connectivity index (χ1n) is 4.32. The maximum Gasteiger partial charge on any atom is 0.288 e. The molecule has 14 heavy (non-hydrogen) atoms. The van der Waals surface area contributed by atoms with Crippen molar-refractivity contribution < 1.29 is 9.63 Å². The van der Waals surface area contributed by atoms with Gasteiger partial charge >= 0.3 is 0 Å². The highest BCUT2D eigenvalue weighted by Crippen LogP contribution is 2.08. The van der Waals surface area contributed by atoms with E-state index in [9.17, 15) is 4.79 Å². The molecule has 1 aromatic heterocycles. The summed E-state index contributed by atoms with van der Waals surface area (Å²) in [6, 6.07) is 0. The van der Waals surface area contributed by atoms with Gasteiger partial charge in [-0.05, 0) is 24.4 Å². The van der Waals surface area contributed by atoms with Crippen LogP contribution in [0.2, 0.25) is 0 Å². The lowest BCUT2D eigenvalue weighted by Gasteiger charge is -2.06. The van der Waals surface area contributed by atoms with E-state index in [1.807, 2.05) is 13.8 Å². The number of carbonyl (C=O) groups is 1. The molecule has 0 spiro atoms. The van der Waals surface area contributed by atoms with Crippen molar-refractivity contribution >= 4 is 17.4 Å².